The number of likely N-dealkylation sites (N-methyl/N-ethyl adjacent to an activating group) is 1. The van der Waals surface area contributed by atoms with E-state index in [0.29, 0.717) is 12.1 Å². The van der Waals surface area contributed by atoms with Crippen LogP contribution in [0.25, 0.3) is 11.1 Å². The van der Waals surface area contributed by atoms with E-state index < -0.39 is 0 Å². The first-order valence-electron chi connectivity index (χ1n) is 7.88. The van der Waals surface area contributed by atoms with Crippen molar-refractivity contribution >= 4 is 0 Å². The molecule has 0 saturated carbocycles. The first kappa shape index (κ1) is 13.1. The SMILES string of the molecule is CC(c1ccc2c(c1)Cc1ccccc1-2)N(C)C1CNC1. The summed E-state index contributed by atoms with van der Waals surface area (Å²) in [5.41, 5.74) is 7.24. The Balaban J connectivity index is 1.63. The van der Waals surface area contributed by atoms with Crippen LogP contribution in [0.5, 0.6) is 0 Å². The van der Waals surface area contributed by atoms with Crippen molar-refractivity contribution in [1.29, 1.82) is 0 Å². The summed E-state index contributed by atoms with van der Waals surface area (Å²) in [4.78, 5) is 2.50. The van der Waals surface area contributed by atoms with E-state index in [9.17, 15) is 0 Å². The van der Waals surface area contributed by atoms with Gasteiger partial charge in [0.25, 0.3) is 0 Å². The quantitative estimate of drug-likeness (QED) is 0.791. The molecule has 1 aliphatic heterocycles. The van der Waals surface area contributed by atoms with Crippen LogP contribution in [0.15, 0.2) is 42.5 Å². The fourth-order valence-corrected chi connectivity index (χ4v) is 3.54. The number of nitrogens with zero attached hydrogens (tertiary/aromatic N) is 1. The number of rotatable bonds is 3. The Hall–Kier alpha value is -1.64. The van der Waals surface area contributed by atoms with Crippen molar-refractivity contribution < 1.29 is 0 Å². The lowest BCUT2D eigenvalue weighted by atomic mass is 9.98. The average molecular weight is 278 g/mol. The number of nitrogens with one attached hydrogen (secondary N) is 1. The van der Waals surface area contributed by atoms with Gasteiger partial charge in [-0.05, 0) is 48.2 Å². The highest BCUT2D eigenvalue weighted by Crippen LogP contribution is 2.38. The van der Waals surface area contributed by atoms with Crippen LogP contribution >= 0.6 is 0 Å². The van der Waals surface area contributed by atoms with Crippen LogP contribution < -0.4 is 5.32 Å². The number of hydrogen-bond donors (Lipinski definition) is 1. The molecule has 1 aliphatic carbocycles. The van der Waals surface area contributed by atoms with E-state index in [1.807, 2.05) is 0 Å². The van der Waals surface area contributed by atoms with Crippen LogP contribution in [0.1, 0.15) is 29.7 Å². The summed E-state index contributed by atoms with van der Waals surface area (Å²) >= 11 is 0. The van der Waals surface area contributed by atoms with Crippen molar-refractivity contribution in [3.8, 4) is 11.1 Å². The van der Waals surface area contributed by atoms with E-state index in [4.69, 9.17) is 0 Å². The second kappa shape index (κ2) is 4.97. The van der Waals surface area contributed by atoms with Crippen LogP contribution in [-0.4, -0.2) is 31.1 Å². The minimum Gasteiger partial charge on any atom is -0.314 e. The maximum Gasteiger partial charge on any atom is 0.0348 e. The zero-order chi connectivity index (χ0) is 14.4. The van der Waals surface area contributed by atoms with Crippen molar-refractivity contribution in [3.63, 3.8) is 0 Å². The fourth-order valence-electron chi connectivity index (χ4n) is 3.54. The smallest absolute Gasteiger partial charge is 0.0348 e. The van der Waals surface area contributed by atoms with Crippen LogP contribution in [0.2, 0.25) is 0 Å². The van der Waals surface area contributed by atoms with Crippen LogP contribution in [0, 0.1) is 0 Å². The van der Waals surface area contributed by atoms with Crippen molar-refractivity contribution in [3.05, 3.63) is 59.2 Å². The van der Waals surface area contributed by atoms with Crippen molar-refractivity contribution in [1.82, 2.24) is 10.2 Å². The average Bonchev–Trinajstić information content (AvgIpc) is 2.82. The molecule has 1 atom stereocenters. The van der Waals surface area contributed by atoms with Crippen LogP contribution in [0.3, 0.4) is 0 Å². The lowest BCUT2D eigenvalue weighted by Crippen LogP contribution is -2.56. The largest absolute Gasteiger partial charge is 0.314 e. The highest BCUT2D eigenvalue weighted by Gasteiger charge is 2.26. The molecule has 1 fully saturated rings. The third kappa shape index (κ3) is 2.10. The van der Waals surface area contributed by atoms with Gasteiger partial charge in [0.1, 0.15) is 0 Å². The molecule has 1 heterocycles. The Morgan fingerprint density at radius 1 is 1.05 bits per heavy atom. The lowest BCUT2D eigenvalue weighted by molar-refractivity contribution is 0.136. The van der Waals surface area contributed by atoms with Gasteiger partial charge in [0, 0.05) is 25.2 Å². The van der Waals surface area contributed by atoms with Gasteiger partial charge in [-0.1, -0.05) is 42.5 Å². The molecule has 108 valence electrons. The second-order valence-electron chi connectivity index (χ2n) is 6.40. The molecule has 2 aromatic rings. The van der Waals surface area contributed by atoms with E-state index >= 15 is 0 Å². The molecule has 0 spiro atoms. The third-order valence-corrected chi connectivity index (χ3v) is 5.25. The second-order valence-corrected chi connectivity index (χ2v) is 6.40. The van der Waals surface area contributed by atoms with Gasteiger partial charge in [-0.2, -0.15) is 0 Å². The summed E-state index contributed by atoms with van der Waals surface area (Å²) in [5.74, 6) is 0. The predicted molar refractivity (Wildman–Crippen MR) is 87.5 cm³/mol. The van der Waals surface area contributed by atoms with Gasteiger partial charge in [0.15, 0.2) is 0 Å². The summed E-state index contributed by atoms with van der Waals surface area (Å²) in [6.07, 6.45) is 1.08. The molecule has 1 saturated heterocycles. The number of benzene rings is 2. The molecule has 4 rings (SSSR count). The molecule has 1 unspecified atom stereocenters. The van der Waals surface area contributed by atoms with Gasteiger partial charge in [-0.25, -0.2) is 0 Å². The third-order valence-electron chi connectivity index (χ3n) is 5.25. The summed E-state index contributed by atoms with van der Waals surface area (Å²) in [6.45, 7) is 4.57. The van der Waals surface area contributed by atoms with Crippen LogP contribution in [0.4, 0.5) is 0 Å². The first-order valence-corrected chi connectivity index (χ1v) is 7.88. The van der Waals surface area contributed by atoms with E-state index in [0.717, 1.165) is 19.5 Å². The number of fused-ring (bicyclic) bond motifs is 3. The lowest BCUT2D eigenvalue weighted by Gasteiger charge is -2.39. The van der Waals surface area contributed by atoms with Crippen molar-refractivity contribution in [2.45, 2.75) is 25.4 Å². The Kier molecular flexibility index (Phi) is 3.09. The van der Waals surface area contributed by atoms with Crippen molar-refractivity contribution in [2.24, 2.45) is 0 Å². The van der Waals surface area contributed by atoms with Crippen LogP contribution in [-0.2, 0) is 6.42 Å². The van der Waals surface area contributed by atoms with E-state index in [-0.39, 0.29) is 0 Å². The Bertz CT molecular complexity index is 673. The standard InChI is InChI=1S/C19H22N2/c1-13(21(2)17-11-20-12-17)14-7-8-19-16(9-14)10-15-5-3-4-6-18(15)19/h3-9,13,17,20H,10-12H2,1-2H3. The fraction of sp³-hybridized carbons (Fsp3) is 0.368. The number of hydrogen-bond acceptors (Lipinski definition) is 2. The molecule has 2 aromatic carbocycles. The van der Waals surface area contributed by atoms with E-state index in [2.05, 4.69) is 66.7 Å². The molecular weight excluding hydrogens is 256 g/mol. The maximum atomic E-state index is 3.36. The monoisotopic (exact) mass is 278 g/mol. The van der Waals surface area contributed by atoms with Gasteiger partial charge in [0.2, 0.25) is 0 Å². The molecule has 0 aromatic heterocycles. The highest BCUT2D eigenvalue weighted by atomic mass is 15.2. The Morgan fingerprint density at radius 3 is 2.57 bits per heavy atom. The summed E-state index contributed by atoms with van der Waals surface area (Å²) < 4.78 is 0. The molecule has 0 amide bonds. The molecule has 2 aliphatic rings. The zero-order valence-corrected chi connectivity index (χ0v) is 12.8. The highest BCUT2D eigenvalue weighted by molar-refractivity contribution is 5.76. The first-order chi connectivity index (χ1) is 10.2. The Morgan fingerprint density at radius 2 is 1.81 bits per heavy atom. The Labute approximate surface area is 126 Å². The normalized spacial score (nSPS) is 18.2. The molecule has 2 nitrogen and oxygen atoms in total. The zero-order valence-electron chi connectivity index (χ0n) is 12.8. The van der Waals surface area contributed by atoms with Gasteiger partial charge in [0.05, 0.1) is 0 Å². The molecule has 21 heavy (non-hydrogen) atoms. The topological polar surface area (TPSA) is 15.3 Å². The maximum absolute atomic E-state index is 3.36. The van der Waals surface area contributed by atoms with Gasteiger partial charge >= 0.3 is 0 Å². The minimum atomic E-state index is 0.478. The van der Waals surface area contributed by atoms with Gasteiger partial charge < -0.3 is 5.32 Å². The summed E-state index contributed by atoms with van der Waals surface area (Å²) in [6, 6.07) is 17.0. The molecule has 2 heteroatoms. The minimum absolute atomic E-state index is 0.478. The molecule has 0 radical (unpaired) electrons. The summed E-state index contributed by atoms with van der Waals surface area (Å²) in [5, 5.41) is 3.36. The van der Waals surface area contributed by atoms with Crippen molar-refractivity contribution in [2.75, 3.05) is 20.1 Å². The van der Waals surface area contributed by atoms with Gasteiger partial charge in [-0.3, -0.25) is 4.90 Å². The van der Waals surface area contributed by atoms with E-state index in [1.54, 1.807) is 0 Å². The van der Waals surface area contributed by atoms with Gasteiger partial charge in [-0.15, -0.1) is 0 Å². The molecule has 1 N–H and O–H groups in total. The molecule has 0 bridgehead atoms. The predicted octanol–water partition coefficient (Wildman–Crippen LogP) is 3.22. The summed E-state index contributed by atoms with van der Waals surface area (Å²) in [7, 11) is 2.25. The molecular formula is C19H22N2. The van der Waals surface area contributed by atoms with E-state index in [1.165, 1.54) is 27.8 Å².